The predicted octanol–water partition coefficient (Wildman–Crippen LogP) is 0.155. The normalized spacial score (nSPS) is 11.6. The van der Waals surface area contributed by atoms with Gasteiger partial charge in [-0.15, -0.1) is 0 Å². The Morgan fingerprint density at radius 2 is 2.29 bits per heavy atom. The van der Waals surface area contributed by atoms with Crippen LogP contribution in [0.2, 0.25) is 0 Å². The molecule has 0 radical (unpaired) electrons. The van der Waals surface area contributed by atoms with Crippen LogP contribution in [0.5, 0.6) is 0 Å². The number of aryl methyl sites for hydroxylation is 1. The molecule has 0 aliphatic heterocycles. The van der Waals surface area contributed by atoms with Gasteiger partial charge in [-0.25, -0.2) is 13.1 Å². The van der Waals surface area contributed by atoms with E-state index in [0.717, 1.165) is 6.42 Å². The zero-order valence-corrected chi connectivity index (χ0v) is 11.2. The number of thiocarbonyl (C=S) groups is 1. The van der Waals surface area contributed by atoms with Crippen molar-refractivity contribution in [3.63, 3.8) is 0 Å². The Morgan fingerprint density at radius 3 is 2.82 bits per heavy atom. The van der Waals surface area contributed by atoms with Gasteiger partial charge < -0.3 is 5.73 Å². The highest BCUT2D eigenvalue weighted by atomic mass is 32.2. The predicted molar refractivity (Wildman–Crippen MR) is 69.0 cm³/mol. The molecule has 1 aromatic heterocycles. The fourth-order valence-corrected chi connectivity index (χ4v) is 2.67. The Balaban J connectivity index is 2.41. The number of hydrogen-bond acceptors (Lipinski definition) is 4. The van der Waals surface area contributed by atoms with Gasteiger partial charge in [-0.3, -0.25) is 4.68 Å². The molecule has 1 aromatic rings. The summed E-state index contributed by atoms with van der Waals surface area (Å²) in [5.74, 6) is 0. The summed E-state index contributed by atoms with van der Waals surface area (Å²) in [6.07, 6.45) is 3.57. The minimum absolute atomic E-state index is 0.159. The van der Waals surface area contributed by atoms with Crippen LogP contribution in [-0.2, 0) is 17.1 Å². The van der Waals surface area contributed by atoms with E-state index < -0.39 is 10.0 Å². The van der Waals surface area contributed by atoms with Crippen LogP contribution in [0.15, 0.2) is 17.3 Å². The lowest BCUT2D eigenvalue weighted by atomic mass is 10.2. The van der Waals surface area contributed by atoms with Gasteiger partial charge >= 0.3 is 0 Å². The second kappa shape index (κ2) is 6.08. The van der Waals surface area contributed by atoms with Crippen molar-refractivity contribution in [1.29, 1.82) is 0 Å². The average Bonchev–Trinajstić information content (AvgIpc) is 2.64. The first-order chi connectivity index (χ1) is 7.93. The molecule has 17 heavy (non-hydrogen) atoms. The zero-order chi connectivity index (χ0) is 12.9. The van der Waals surface area contributed by atoms with Crippen LogP contribution in [0.25, 0.3) is 0 Å². The third kappa shape index (κ3) is 4.41. The molecule has 1 rings (SSSR count). The van der Waals surface area contributed by atoms with E-state index in [2.05, 4.69) is 9.82 Å². The molecular formula is C9H16N4O2S2. The minimum Gasteiger partial charge on any atom is -0.393 e. The molecule has 0 aliphatic carbocycles. The first-order valence-corrected chi connectivity index (χ1v) is 7.08. The molecule has 1 heterocycles. The molecule has 0 fully saturated rings. The van der Waals surface area contributed by atoms with Crippen molar-refractivity contribution in [2.45, 2.75) is 24.3 Å². The van der Waals surface area contributed by atoms with Gasteiger partial charge in [-0.05, 0) is 25.3 Å². The first-order valence-electron chi connectivity index (χ1n) is 5.19. The van der Waals surface area contributed by atoms with E-state index in [1.807, 2.05) is 0 Å². The van der Waals surface area contributed by atoms with Gasteiger partial charge in [0.1, 0.15) is 0 Å². The summed E-state index contributed by atoms with van der Waals surface area (Å²) in [6, 6.07) is 1.46. The number of sulfonamides is 1. The number of aromatic nitrogens is 2. The molecule has 96 valence electrons. The number of rotatable bonds is 7. The smallest absolute Gasteiger partial charge is 0.257 e. The lowest BCUT2D eigenvalue weighted by Gasteiger charge is -2.06. The van der Waals surface area contributed by atoms with Crippen LogP contribution in [0.3, 0.4) is 0 Å². The second-order valence-corrected chi connectivity index (χ2v) is 5.85. The summed E-state index contributed by atoms with van der Waals surface area (Å²) in [7, 11) is -1.88. The van der Waals surface area contributed by atoms with Crippen LogP contribution in [0, 0.1) is 0 Å². The van der Waals surface area contributed by atoms with Gasteiger partial charge in [0.15, 0.2) is 5.03 Å². The Hall–Kier alpha value is -0.990. The van der Waals surface area contributed by atoms with Gasteiger partial charge in [0.05, 0.1) is 11.2 Å². The number of nitrogens with zero attached hydrogens (tertiary/aromatic N) is 2. The van der Waals surface area contributed by atoms with E-state index in [-0.39, 0.29) is 5.03 Å². The molecule has 0 saturated carbocycles. The maximum atomic E-state index is 11.8. The lowest BCUT2D eigenvalue weighted by molar-refractivity contribution is 0.560. The van der Waals surface area contributed by atoms with E-state index in [1.54, 1.807) is 7.05 Å². The second-order valence-electron chi connectivity index (χ2n) is 3.61. The number of nitrogens with one attached hydrogen (secondary N) is 1. The molecule has 6 nitrogen and oxygen atoms in total. The van der Waals surface area contributed by atoms with Gasteiger partial charge in [-0.2, -0.15) is 5.10 Å². The van der Waals surface area contributed by atoms with Gasteiger partial charge in [-0.1, -0.05) is 12.2 Å². The standard InChI is InChI=1S/C9H16N4O2S2/c1-13-9(5-7-11-13)17(14,15)12-6-3-2-4-8(10)16/h5,7,12H,2-4,6H2,1H3,(H2,10,16). The van der Waals surface area contributed by atoms with Crippen LogP contribution in [0.4, 0.5) is 0 Å². The van der Waals surface area contributed by atoms with Crippen LogP contribution in [-0.4, -0.2) is 29.7 Å². The summed E-state index contributed by atoms with van der Waals surface area (Å²) in [6.45, 7) is 0.371. The lowest BCUT2D eigenvalue weighted by Crippen LogP contribution is -2.26. The fraction of sp³-hybridized carbons (Fsp3) is 0.556. The Labute approximate surface area is 106 Å². The SMILES string of the molecule is Cn1nccc1S(=O)(=O)NCCCCC(N)=S. The van der Waals surface area contributed by atoms with E-state index in [4.69, 9.17) is 18.0 Å². The largest absolute Gasteiger partial charge is 0.393 e. The average molecular weight is 276 g/mol. The van der Waals surface area contributed by atoms with Crippen molar-refractivity contribution in [2.75, 3.05) is 6.54 Å². The van der Waals surface area contributed by atoms with Gasteiger partial charge in [0.25, 0.3) is 10.0 Å². The summed E-state index contributed by atoms with van der Waals surface area (Å²) in [4.78, 5) is 0.458. The number of hydrogen-bond donors (Lipinski definition) is 2. The van der Waals surface area contributed by atoms with E-state index in [9.17, 15) is 8.42 Å². The van der Waals surface area contributed by atoms with Crippen LogP contribution in [0.1, 0.15) is 19.3 Å². The van der Waals surface area contributed by atoms with Gasteiger partial charge in [0.2, 0.25) is 0 Å². The fourth-order valence-electron chi connectivity index (χ4n) is 1.33. The monoisotopic (exact) mass is 276 g/mol. The maximum absolute atomic E-state index is 11.8. The highest BCUT2D eigenvalue weighted by Gasteiger charge is 2.16. The molecule has 0 spiro atoms. The molecule has 0 amide bonds. The molecule has 0 saturated heterocycles. The maximum Gasteiger partial charge on any atom is 0.257 e. The van der Waals surface area contributed by atoms with Crippen molar-refractivity contribution in [2.24, 2.45) is 12.8 Å². The third-order valence-corrected chi connectivity index (χ3v) is 3.93. The molecule has 0 aliphatic rings. The van der Waals surface area contributed by atoms with E-state index in [0.29, 0.717) is 24.4 Å². The number of nitrogens with two attached hydrogens (primary N) is 1. The van der Waals surface area contributed by atoms with Crippen LogP contribution < -0.4 is 10.5 Å². The summed E-state index contributed by atoms with van der Waals surface area (Å²) in [5.41, 5.74) is 5.34. The van der Waals surface area contributed by atoms with E-state index >= 15 is 0 Å². The summed E-state index contributed by atoms with van der Waals surface area (Å²) < 4.78 is 27.4. The van der Waals surface area contributed by atoms with Crippen molar-refractivity contribution in [3.05, 3.63) is 12.3 Å². The Kier molecular flexibility index (Phi) is 5.03. The molecule has 0 bridgehead atoms. The summed E-state index contributed by atoms with van der Waals surface area (Å²) >= 11 is 4.73. The Morgan fingerprint density at radius 1 is 1.59 bits per heavy atom. The topological polar surface area (TPSA) is 90.0 Å². The van der Waals surface area contributed by atoms with Crippen molar-refractivity contribution in [1.82, 2.24) is 14.5 Å². The molecule has 0 atom stereocenters. The molecule has 8 heteroatoms. The third-order valence-electron chi connectivity index (χ3n) is 2.19. The van der Waals surface area contributed by atoms with Gasteiger partial charge in [0, 0.05) is 13.6 Å². The first kappa shape index (κ1) is 14.1. The van der Waals surface area contributed by atoms with Crippen LogP contribution >= 0.6 is 12.2 Å². The molecule has 3 N–H and O–H groups in total. The highest BCUT2D eigenvalue weighted by Crippen LogP contribution is 2.06. The Bertz CT molecular complexity index is 481. The quantitative estimate of drug-likeness (QED) is 0.547. The minimum atomic E-state index is -3.46. The molecular weight excluding hydrogens is 260 g/mol. The van der Waals surface area contributed by atoms with Crippen molar-refractivity contribution < 1.29 is 8.42 Å². The zero-order valence-electron chi connectivity index (χ0n) is 9.59. The van der Waals surface area contributed by atoms with Crippen molar-refractivity contribution in [3.8, 4) is 0 Å². The highest BCUT2D eigenvalue weighted by molar-refractivity contribution is 7.89. The molecule has 0 unspecified atom stereocenters. The van der Waals surface area contributed by atoms with E-state index in [1.165, 1.54) is 16.9 Å². The van der Waals surface area contributed by atoms with Crippen molar-refractivity contribution >= 4 is 27.2 Å². The molecule has 0 aromatic carbocycles. The number of unbranched alkanes of at least 4 members (excludes halogenated alkanes) is 1. The summed E-state index contributed by atoms with van der Waals surface area (Å²) in [5, 5.41) is 3.97.